The average Bonchev–Trinajstić information content (AvgIpc) is 2.37. The molecule has 1 unspecified atom stereocenters. The quantitative estimate of drug-likeness (QED) is 0.773. The highest BCUT2D eigenvalue weighted by Crippen LogP contribution is 2.30. The molecule has 18 heavy (non-hydrogen) atoms. The first-order valence-electron chi connectivity index (χ1n) is 5.97. The highest BCUT2D eigenvalue weighted by atomic mass is 79.9. The topological polar surface area (TPSA) is 20.2 Å². The molecule has 0 aromatic heterocycles. The van der Waals surface area contributed by atoms with Gasteiger partial charge in [-0.3, -0.25) is 0 Å². The number of aliphatic hydroxyl groups is 1. The highest BCUT2D eigenvalue weighted by molar-refractivity contribution is 9.10. The Morgan fingerprint density at radius 2 is 1.78 bits per heavy atom. The van der Waals surface area contributed by atoms with E-state index in [0.29, 0.717) is 6.42 Å². The van der Waals surface area contributed by atoms with E-state index in [1.165, 1.54) is 11.1 Å². The summed E-state index contributed by atoms with van der Waals surface area (Å²) in [6.45, 7) is 0. The molecular formula is C16H13BrO. The zero-order valence-corrected chi connectivity index (χ0v) is 11.4. The molecule has 1 nitrogen and oxygen atoms in total. The summed E-state index contributed by atoms with van der Waals surface area (Å²) < 4.78 is 1.00. The van der Waals surface area contributed by atoms with Crippen LogP contribution in [0.15, 0.2) is 46.9 Å². The van der Waals surface area contributed by atoms with E-state index in [0.717, 1.165) is 15.6 Å². The number of benzene rings is 2. The van der Waals surface area contributed by atoms with Crippen molar-refractivity contribution in [2.24, 2.45) is 0 Å². The fraction of sp³-hybridized carbons (Fsp3) is 0.125. The van der Waals surface area contributed by atoms with E-state index >= 15 is 0 Å². The summed E-state index contributed by atoms with van der Waals surface area (Å²) in [5.41, 5.74) is 4.44. The van der Waals surface area contributed by atoms with Crippen LogP contribution in [0.5, 0.6) is 0 Å². The first-order valence-corrected chi connectivity index (χ1v) is 6.77. The molecule has 0 radical (unpaired) electrons. The standard InChI is InChI=1S/C16H13BrO/c17-14-8-7-12-6-5-11-3-1-2-4-13(11)9-16(18)15(12)10-14/h1-8,10,16,18H,9H2/b6-5-. The van der Waals surface area contributed by atoms with Crippen molar-refractivity contribution in [3.8, 4) is 0 Å². The molecule has 2 aromatic carbocycles. The Morgan fingerprint density at radius 3 is 2.67 bits per heavy atom. The molecule has 0 fully saturated rings. The maximum Gasteiger partial charge on any atom is 0.0836 e. The fourth-order valence-corrected chi connectivity index (χ4v) is 2.75. The Balaban J connectivity index is 2.16. The number of fused-ring (bicyclic) bond motifs is 2. The maximum atomic E-state index is 10.4. The van der Waals surface area contributed by atoms with E-state index in [4.69, 9.17) is 0 Å². The minimum absolute atomic E-state index is 0.455. The van der Waals surface area contributed by atoms with Crippen molar-refractivity contribution in [1.82, 2.24) is 0 Å². The van der Waals surface area contributed by atoms with E-state index < -0.39 is 6.10 Å². The Hall–Kier alpha value is -1.38. The van der Waals surface area contributed by atoms with Crippen LogP contribution in [-0.2, 0) is 6.42 Å². The van der Waals surface area contributed by atoms with Gasteiger partial charge in [0.25, 0.3) is 0 Å². The molecule has 1 N–H and O–H groups in total. The van der Waals surface area contributed by atoms with Crippen LogP contribution in [0.4, 0.5) is 0 Å². The summed E-state index contributed by atoms with van der Waals surface area (Å²) in [6.07, 6.45) is 4.39. The van der Waals surface area contributed by atoms with Gasteiger partial charge in [-0.2, -0.15) is 0 Å². The van der Waals surface area contributed by atoms with Crippen LogP contribution in [0.25, 0.3) is 12.2 Å². The second-order valence-electron chi connectivity index (χ2n) is 4.53. The number of hydrogen-bond donors (Lipinski definition) is 1. The largest absolute Gasteiger partial charge is 0.388 e. The zero-order chi connectivity index (χ0) is 12.5. The van der Waals surface area contributed by atoms with Crippen LogP contribution in [0.2, 0.25) is 0 Å². The molecule has 0 aliphatic heterocycles. The van der Waals surface area contributed by atoms with Crippen LogP contribution in [0.3, 0.4) is 0 Å². The number of hydrogen-bond acceptors (Lipinski definition) is 1. The third-order valence-electron chi connectivity index (χ3n) is 3.32. The van der Waals surface area contributed by atoms with Gasteiger partial charge in [-0.1, -0.05) is 58.4 Å². The lowest BCUT2D eigenvalue weighted by Gasteiger charge is -2.18. The second-order valence-corrected chi connectivity index (χ2v) is 5.44. The molecule has 3 rings (SSSR count). The molecule has 0 bridgehead atoms. The Morgan fingerprint density at radius 1 is 1.00 bits per heavy atom. The molecule has 0 heterocycles. The van der Waals surface area contributed by atoms with Crippen LogP contribution in [0.1, 0.15) is 28.4 Å². The third kappa shape index (κ3) is 2.14. The maximum absolute atomic E-state index is 10.4. The zero-order valence-electron chi connectivity index (χ0n) is 9.81. The predicted molar refractivity (Wildman–Crippen MR) is 78.2 cm³/mol. The summed E-state index contributed by atoms with van der Waals surface area (Å²) in [5.74, 6) is 0. The van der Waals surface area contributed by atoms with Crippen LogP contribution in [0, 0.1) is 0 Å². The van der Waals surface area contributed by atoms with E-state index in [9.17, 15) is 5.11 Å². The van der Waals surface area contributed by atoms with Crippen LogP contribution < -0.4 is 0 Å². The van der Waals surface area contributed by atoms with Gasteiger partial charge >= 0.3 is 0 Å². The summed E-state index contributed by atoms with van der Waals surface area (Å²) in [7, 11) is 0. The first kappa shape index (κ1) is 11.7. The molecule has 1 atom stereocenters. The molecule has 0 spiro atoms. The lowest BCUT2D eigenvalue weighted by Crippen LogP contribution is -2.06. The Labute approximate surface area is 115 Å². The van der Waals surface area contributed by atoms with Gasteiger partial charge in [0.1, 0.15) is 0 Å². The van der Waals surface area contributed by atoms with Gasteiger partial charge in [-0.25, -0.2) is 0 Å². The smallest absolute Gasteiger partial charge is 0.0836 e. The van der Waals surface area contributed by atoms with Gasteiger partial charge in [0.05, 0.1) is 6.10 Å². The van der Waals surface area contributed by atoms with E-state index in [1.54, 1.807) is 0 Å². The number of halogens is 1. The van der Waals surface area contributed by atoms with E-state index in [-0.39, 0.29) is 0 Å². The van der Waals surface area contributed by atoms with Crippen molar-refractivity contribution in [3.63, 3.8) is 0 Å². The number of aliphatic hydroxyl groups excluding tert-OH is 1. The van der Waals surface area contributed by atoms with Crippen molar-refractivity contribution in [1.29, 1.82) is 0 Å². The normalized spacial score (nSPS) is 19.3. The summed E-state index contributed by atoms with van der Waals surface area (Å²) in [5, 5.41) is 10.4. The van der Waals surface area contributed by atoms with E-state index in [2.05, 4.69) is 40.2 Å². The lowest BCUT2D eigenvalue weighted by molar-refractivity contribution is 0.178. The first-order chi connectivity index (χ1) is 8.74. The van der Waals surface area contributed by atoms with Crippen molar-refractivity contribution in [2.45, 2.75) is 12.5 Å². The van der Waals surface area contributed by atoms with Crippen molar-refractivity contribution < 1.29 is 5.11 Å². The van der Waals surface area contributed by atoms with Crippen molar-refractivity contribution in [2.75, 3.05) is 0 Å². The van der Waals surface area contributed by atoms with Gasteiger partial charge in [-0.05, 0) is 34.4 Å². The molecular weight excluding hydrogens is 288 g/mol. The van der Waals surface area contributed by atoms with Gasteiger partial charge in [0.2, 0.25) is 0 Å². The number of rotatable bonds is 0. The SMILES string of the molecule is OC1Cc2ccccc2/C=C\c2ccc(Br)cc21. The Kier molecular flexibility index (Phi) is 3.06. The van der Waals surface area contributed by atoms with Crippen LogP contribution in [-0.4, -0.2) is 5.11 Å². The van der Waals surface area contributed by atoms with E-state index in [1.807, 2.05) is 30.3 Å². The highest BCUT2D eigenvalue weighted by Gasteiger charge is 2.15. The molecule has 2 heteroatoms. The Bertz CT molecular complexity index is 616. The van der Waals surface area contributed by atoms with Gasteiger partial charge in [-0.15, -0.1) is 0 Å². The van der Waals surface area contributed by atoms with Gasteiger partial charge in [0.15, 0.2) is 0 Å². The monoisotopic (exact) mass is 300 g/mol. The average molecular weight is 301 g/mol. The second kappa shape index (κ2) is 4.71. The van der Waals surface area contributed by atoms with Crippen molar-refractivity contribution >= 4 is 28.1 Å². The summed E-state index contributed by atoms with van der Waals surface area (Å²) in [6, 6.07) is 14.2. The molecule has 2 aromatic rings. The molecule has 90 valence electrons. The molecule has 0 amide bonds. The minimum Gasteiger partial charge on any atom is -0.388 e. The molecule has 0 saturated carbocycles. The summed E-state index contributed by atoms with van der Waals surface area (Å²) >= 11 is 3.46. The summed E-state index contributed by atoms with van der Waals surface area (Å²) in [4.78, 5) is 0. The minimum atomic E-state index is -0.455. The molecule has 0 saturated heterocycles. The third-order valence-corrected chi connectivity index (χ3v) is 3.81. The lowest BCUT2D eigenvalue weighted by atomic mass is 9.91. The van der Waals surface area contributed by atoms with Crippen LogP contribution >= 0.6 is 15.9 Å². The van der Waals surface area contributed by atoms with Gasteiger partial charge in [0, 0.05) is 10.9 Å². The molecule has 1 aliphatic carbocycles. The van der Waals surface area contributed by atoms with Crippen molar-refractivity contribution in [3.05, 3.63) is 69.2 Å². The fourth-order valence-electron chi connectivity index (χ4n) is 2.37. The predicted octanol–water partition coefficient (Wildman–Crippen LogP) is 4.21. The van der Waals surface area contributed by atoms with Gasteiger partial charge < -0.3 is 5.11 Å². The molecule has 1 aliphatic rings.